The molecule has 0 aromatic carbocycles. The average Bonchev–Trinajstić information content (AvgIpc) is 2.93. The summed E-state index contributed by atoms with van der Waals surface area (Å²) < 4.78 is 0. The maximum Gasteiger partial charge on any atom is 0.180 e. The van der Waals surface area contributed by atoms with E-state index in [2.05, 4.69) is 20.3 Å². The summed E-state index contributed by atoms with van der Waals surface area (Å²) in [5, 5.41) is 5.70. The van der Waals surface area contributed by atoms with Crippen molar-refractivity contribution >= 4 is 33.3 Å². The van der Waals surface area contributed by atoms with E-state index in [9.17, 15) is 0 Å². The smallest absolute Gasteiger partial charge is 0.180 e. The van der Waals surface area contributed by atoms with Crippen LogP contribution in [0.15, 0.2) is 23.6 Å². The number of imidazole rings is 1. The summed E-state index contributed by atoms with van der Waals surface area (Å²) in [6.07, 6.45) is 0. The largest absolute Gasteiger partial charge is 0.390 e. The van der Waals surface area contributed by atoms with Gasteiger partial charge in [0, 0.05) is 7.05 Å². The molecule has 3 heterocycles. The number of fused-ring (bicyclic) bond motifs is 1. The third kappa shape index (κ3) is 1.62. The highest BCUT2D eigenvalue weighted by atomic mass is 32.1. The summed E-state index contributed by atoms with van der Waals surface area (Å²) >= 11 is 1.50. The lowest BCUT2D eigenvalue weighted by Gasteiger charge is -1.95. The lowest BCUT2D eigenvalue weighted by Crippen LogP contribution is -1.91. The molecule has 0 radical (unpaired) electrons. The van der Waals surface area contributed by atoms with Gasteiger partial charge in [0.15, 0.2) is 5.65 Å². The van der Waals surface area contributed by atoms with Crippen molar-refractivity contribution in [2.45, 2.75) is 0 Å². The Hall–Kier alpha value is -2.08. The molecule has 0 unspecified atom stereocenters. The van der Waals surface area contributed by atoms with Gasteiger partial charge in [0.25, 0.3) is 0 Å². The summed E-state index contributed by atoms with van der Waals surface area (Å²) in [5.41, 5.74) is 8.41. The van der Waals surface area contributed by atoms with Gasteiger partial charge in [0.2, 0.25) is 0 Å². The van der Waals surface area contributed by atoms with E-state index in [0.29, 0.717) is 5.65 Å². The van der Waals surface area contributed by atoms with E-state index in [4.69, 9.17) is 5.73 Å². The average molecular weight is 245 g/mol. The number of aromatic nitrogens is 3. The minimum absolute atomic E-state index is 0.692. The van der Waals surface area contributed by atoms with Crippen molar-refractivity contribution in [3.8, 4) is 11.4 Å². The van der Waals surface area contributed by atoms with Crippen LogP contribution in [-0.4, -0.2) is 22.0 Å². The van der Waals surface area contributed by atoms with Gasteiger partial charge in [-0.1, -0.05) is 0 Å². The number of pyridine rings is 1. The Morgan fingerprint density at radius 3 is 2.88 bits per heavy atom. The molecule has 0 saturated heterocycles. The van der Waals surface area contributed by atoms with E-state index in [-0.39, 0.29) is 0 Å². The standard InChI is InChI=1S/C11H11N5S/c1-13-8-3-2-7-11(15-8)16-10(14-7)6-4-5-17-9(6)12/h2-5H,12H2,1H3,(H2,13,14,15,16). The van der Waals surface area contributed by atoms with Gasteiger partial charge in [-0.2, -0.15) is 0 Å². The molecular formula is C11H11N5S. The Bertz CT molecular complexity index is 669. The minimum atomic E-state index is 0.692. The fourth-order valence-corrected chi connectivity index (χ4v) is 2.32. The van der Waals surface area contributed by atoms with Gasteiger partial charge in [-0.25, -0.2) is 9.97 Å². The van der Waals surface area contributed by atoms with Crippen LogP contribution in [-0.2, 0) is 0 Å². The van der Waals surface area contributed by atoms with Crippen molar-refractivity contribution in [1.29, 1.82) is 0 Å². The Labute approximate surface area is 102 Å². The van der Waals surface area contributed by atoms with Crippen molar-refractivity contribution < 1.29 is 0 Å². The van der Waals surface area contributed by atoms with Gasteiger partial charge in [-0.15, -0.1) is 11.3 Å². The second-order valence-electron chi connectivity index (χ2n) is 3.60. The number of H-pyrrole nitrogens is 1. The number of nitrogens with two attached hydrogens (primary N) is 1. The Morgan fingerprint density at radius 2 is 2.18 bits per heavy atom. The van der Waals surface area contributed by atoms with Gasteiger partial charge in [0.1, 0.15) is 11.6 Å². The first-order valence-electron chi connectivity index (χ1n) is 5.16. The summed E-state index contributed by atoms with van der Waals surface area (Å²) in [6.45, 7) is 0. The molecule has 0 spiro atoms. The van der Waals surface area contributed by atoms with Crippen LogP contribution in [0.3, 0.4) is 0 Å². The van der Waals surface area contributed by atoms with Crippen LogP contribution in [0.25, 0.3) is 22.6 Å². The fraction of sp³-hybridized carbons (Fsp3) is 0.0909. The predicted octanol–water partition coefficient (Wildman–Crippen LogP) is 2.31. The van der Waals surface area contributed by atoms with E-state index in [1.54, 1.807) is 0 Å². The third-order valence-electron chi connectivity index (χ3n) is 2.55. The molecule has 86 valence electrons. The van der Waals surface area contributed by atoms with Crippen LogP contribution >= 0.6 is 11.3 Å². The molecule has 0 aliphatic rings. The molecule has 0 aliphatic carbocycles. The molecule has 3 aromatic rings. The summed E-state index contributed by atoms with van der Waals surface area (Å²) in [7, 11) is 1.83. The van der Waals surface area contributed by atoms with E-state index >= 15 is 0 Å². The Morgan fingerprint density at radius 1 is 1.29 bits per heavy atom. The molecule has 5 nitrogen and oxygen atoms in total. The van der Waals surface area contributed by atoms with Crippen LogP contribution in [0.5, 0.6) is 0 Å². The zero-order chi connectivity index (χ0) is 11.8. The van der Waals surface area contributed by atoms with Gasteiger partial charge < -0.3 is 16.0 Å². The quantitative estimate of drug-likeness (QED) is 0.647. The highest BCUT2D eigenvalue weighted by Crippen LogP contribution is 2.29. The molecular weight excluding hydrogens is 234 g/mol. The summed E-state index contributed by atoms with van der Waals surface area (Å²) in [6, 6.07) is 5.81. The van der Waals surface area contributed by atoms with Crippen LogP contribution < -0.4 is 11.1 Å². The number of hydrogen-bond acceptors (Lipinski definition) is 5. The van der Waals surface area contributed by atoms with Crippen LogP contribution in [0.1, 0.15) is 0 Å². The normalized spacial score (nSPS) is 10.9. The molecule has 0 aliphatic heterocycles. The molecule has 6 heteroatoms. The summed E-state index contributed by atoms with van der Waals surface area (Å²) in [5.74, 6) is 1.56. The fourth-order valence-electron chi connectivity index (χ4n) is 1.68. The van der Waals surface area contributed by atoms with Gasteiger partial charge >= 0.3 is 0 Å². The van der Waals surface area contributed by atoms with Crippen LogP contribution in [0, 0.1) is 0 Å². The molecule has 0 saturated carbocycles. The number of hydrogen-bond donors (Lipinski definition) is 3. The van der Waals surface area contributed by atoms with Crippen LogP contribution in [0.4, 0.5) is 10.8 Å². The topological polar surface area (TPSA) is 79.6 Å². The SMILES string of the molecule is CNc1ccc2[nH]c(-c3ccsc3N)nc2n1. The van der Waals surface area contributed by atoms with Crippen molar-refractivity contribution in [3.05, 3.63) is 23.6 Å². The predicted molar refractivity (Wildman–Crippen MR) is 71.2 cm³/mol. The monoisotopic (exact) mass is 245 g/mol. The second kappa shape index (κ2) is 3.74. The first-order chi connectivity index (χ1) is 8.28. The van der Waals surface area contributed by atoms with Crippen molar-refractivity contribution in [2.75, 3.05) is 18.1 Å². The minimum Gasteiger partial charge on any atom is -0.390 e. The van der Waals surface area contributed by atoms with Crippen molar-refractivity contribution in [1.82, 2.24) is 15.0 Å². The first-order valence-corrected chi connectivity index (χ1v) is 6.04. The zero-order valence-corrected chi connectivity index (χ0v) is 10.0. The lowest BCUT2D eigenvalue weighted by molar-refractivity contribution is 1.29. The number of rotatable bonds is 2. The molecule has 3 aromatic heterocycles. The third-order valence-corrected chi connectivity index (χ3v) is 3.30. The van der Waals surface area contributed by atoms with Gasteiger partial charge in [-0.3, -0.25) is 0 Å². The van der Waals surface area contributed by atoms with E-state index in [1.807, 2.05) is 30.6 Å². The van der Waals surface area contributed by atoms with Crippen molar-refractivity contribution in [2.24, 2.45) is 0 Å². The number of aromatic amines is 1. The molecule has 0 fully saturated rings. The molecule has 4 N–H and O–H groups in total. The van der Waals surface area contributed by atoms with Crippen LogP contribution in [0.2, 0.25) is 0 Å². The number of anilines is 2. The number of nitrogens with one attached hydrogen (secondary N) is 2. The maximum absolute atomic E-state index is 5.88. The number of thiophene rings is 1. The van der Waals surface area contributed by atoms with Gasteiger partial charge in [0.05, 0.1) is 16.1 Å². The van der Waals surface area contributed by atoms with E-state index < -0.39 is 0 Å². The van der Waals surface area contributed by atoms with Crippen molar-refractivity contribution in [3.63, 3.8) is 0 Å². The molecule has 3 rings (SSSR count). The van der Waals surface area contributed by atoms with E-state index in [1.165, 1.54) is 11.3 Å². The molecule has 0 bridgehead atoms. The lowest BCUT2D eigenvalue weighted by atomic mass is 10.3. The highest BCUT2D eigenvalue weighted by Gasteiger charge is 2.10. The van der Waals surface area contributed by atoms with Gasteiger partial charge in [-0.05, 0) is 23.6 Å². The molecule has 17 heavy (non-hydrogen) atoms. The Balaban J connectivity index is 2.17. The molecule has 0 amide bonds. The maximum atomic E-state index is 5.88. The number of nitrogens with zero attached hydrogens (tertiary/aromatic N) is 2. The Kier molecular flexibility index (Phi) is 2.22. The highest BCUT2D eigenvalue weighted by molar-refractivity contribution is 7.14. The first kappa shape index (κ1) is 10.1. The zero-order valence-electron chi connectivity index (χ0n) is 9.19. The molecule has 0 atom stereocenters. The summed E-state index contributed by atoms with van der Waals surface area (Å²) in [4.78, 5) is 12.0. The second-order valence-corrected chi connectivity index (χ2v) is 4.55. The van der Waals surface area contributed by atoms with E-state index in [0.717, 1.165) is 27.7 Å². The number of nitrogen functional groups attached to an aromatic ring is 1.